The molecule has 14 heavy (non-hydrogen) atoms. The van der Waals surface area contributed by atoms with Crippen molar-refractivity contribution in [3.05, 3.63) is 34.1 Å². The number of aryl methyl sites for hydroxylation is 1. The minimum Gasteiger partial charge on any atom is -0.387 e. The molecule has 78 valence electrons. The third-order valence-electron chi connectivity index (χ3n) is 2.14. The molecule has 2 atom stereocenters. The van der Waals surface area contributed by atoms with Gasteiger partial charge in [0.05, 0.1) is 11.1 Å². The molecule has 1 aromatic rings. The summed E-state index contributed by atoms with van der Waals surface area (Å²) in [4.78, 5) is 0. The van der Waals surface area contributed by atoms with E-state index in [4.69, 9.17) is 17.3 Å². The van der Waals surface area contributed by atoms with E-state index < -0.39 is 18.0 Å². The highest BCUT2D eigenvalue weighted by atomic mass is 35.5. The van der Waals surface area contributed by atoms with E-state index in [9.17, 15) is 9.50 Å². The fourth-order valence-electron chi connectivity index (χ4n) is 1.29. The van der Waals surface area contributed by atoms with Crippen LogP contribution in [0.4, 0.5) is 4.39 Å². The monoisotopic (exact) mass is 217 g/mol. The van der Waals surface area contributed by atoms with Gasteiger partial charge in [0.15, 0.2) is 0 Å². The predicted molar refractivity (Wildman–Crippen MR) is 54.8 cm³/mol. The lowest BCUT2D eigenvalue weighted by Gasteiger charge is -2.18. The van der Waals surface area contributed by atoms with Gasteiger partial charge in [0.1, 0.15) is 5.82 Å². The van der Waals surface area contributed by atoms with Gasteiger partial charge in [-0.15, -0.1) is 0 Å². The third-order valence-corrected chi connectivity index (χ3v) is 2.53. The molecular weight excluding hydrogens is 205 g/mol. The van der Waals surface area contributed by atoms with Crippen LogP contribution in [-0.4, -0.2) is 11.1 Å². The molecule has 0 spiro atoms. The smallest absolute Gasteiger partial charge is 0.142 e. The minimum absolute atomic E-state index is 0.0465. The second-order valence-electron chi connectivity index (χ2n) is 3.40. The van der Waals surface area contributed by atoms with Crippen molar-refractivity contribution in [3.63, 3.8) is 0 Å². The normalized spacial score (nSPS) is 15.3. The maximum atomic E-state index is 13.1. The summed E-state index contributed by atoms with van der Waals surface area (Å²) in [6, 6.07) is 2.37. The largest absolute Gasteiger partial charge is 0.387 e. The van der Waals surface area contributed by atoms with Crippen molar-refractivity contribution in [2.75, 3.05) is 0 Å². The van der Waals surface area contributed by atoms with Gasteiger partial charge < -0.3 is 10.8 Å². The molecule has 0 amide bonds. The highest BCUT2D eigenvalue weighted by Gasteiger charge is 2.20. The lowest BCUT2D eigenvalue weighted by atomic mass is 9.99. The second kappa shape index (κ2) is 4.26. The summed E-state index contributed by atoms with van der Waals surface area (Å²) in [5.74, 6) is -0.535. The van der Waals surface area contributed by atoms with E-state index in [-0.39, 0.29) is 5.02 Å². The summed E-state index contributed by atoms with van der Waals surface area (Å²) in [7, 11) is 0. The van der Waals surface area contributed by atoms with Crippen LogP contribution in [0, 0.1) is 12.7 Å². The first-order valence-corrected chi connectivity index (χ1v) is 4.71. The summed E-state index contributed by atoms with van der Waals surface area (Å²) in [5, 5.41) is 9.66. The Morgan fingerprint density at radius 2 is 2.07 bits per heavy atom. The van der Waals surface area contributed by atoms with Crippen LogP contribution in [-0.2, 0) is 0 Å². The van der Waals surface area contributed by atoms with E-state index in [1.165, 1.54) is 6.07 Å². The van der Waals surface area contributed by atoms with Gasteiger partial charge in [-0.1, -0.05) is 17.7 Å². The maximum absolute atomic E-state index is 13.1. The number of nitrogens with two attached hydrogens (primary N) is 1. The standard InChI is InChI=1S/C10H13ClFNO/c1-5-3-4-7(12)9(11)8(5)10(14)6(2)13/h3-4,6,10,14H,13H2,1-2H3. The van der Waals surface area contributed by atoms with Gasteiger partial charge in [-0.05, 0) is 25.5 Å². The second-order valence-corrected chi connectivity index (χ2v) is 3.77. The van der Waals surface area contributed by atoms with E-state index in [0.717, 1.165) is 5.56 Å². The van der Waals surface area contributed by atoms with Crippen LogP contribution in [0.2, 0.25) is 5.02 Å². The molecule has 0 aliphatic heterocycles. The molecule has 0 aliphatic carbocycles. The molecule has 0 bridgehead atoms. The Bertz CT molecular complexity index is 341. The molecule has 0 aliphatic rings. The van der Waals surface area contributed by atoms with E-state index in [1.807, 2.05) is 0 Å². The van der Waals surface area contributed by atoms with Crippen molar-refractivity contribution < 1.29 is 9.50 Å². The highest BCUT2D eigenvalue weighted by Crippen LogP contribution is 2.30. The molecule has 2 unspecified atom stereocenters. The van der Waals surface area contributed by atoms with Gasteiger partial charge in [-0.2, -0.15) is 0 Å². The number of hydrogen-bond acceptors (Lipinski definition) is 2. The van der Waals surface area contributed by atoms with E-state index >= 15 is 0 Å². The topological polar surface area (TPSA) is 46.2 Å². The van der Waals surface area contributed by atoms with Gasteiger partial charge in [0.2, 0.25) is 0 Å². The molecule has 0 saturated heterocycles. The van der Waals surface area contributed by atoms with Crippen LogP contribution in [0.5, 0.6) is 0 Å². The molecule has 0 saturated carbocycles. The first-order chi connectivity index (χ1) is 6.45. The van der Waals surface area contributed by atoms with Gasteiger partial charge in [-0.3, -0.25) is 0 Å². The summed E-state index contributed by atoms with van der Waals surface area (Å²) in [6.45, 7) is 3.40. The zero-order valence-electron chi connectivity index (χ0n) is 8.09. The van der Waals surface area contributed by atoms with E-state index in [0.29, 0.717) is 5.56 Å². The Hall–Kier alpha value is -0.640. The molecule has 1 rings (SSSR count). The van der Waals surface area contributed by atoms with Crippen molar-refractivity contribution in [1.82, 2.24) is 0 Å². The Morgan fingerprint density at radius 3 is 2.57 bits per heavy atom. The number of halogens is 2. The van der Waals surface area contributed by atoms with Crippen molar-refractivity contribution in [1.29, 1.82) is 0 Å². The maximum Gasteiger partial charge on any atom is 0.142 e. The number of aliphatic hydroxyl groups is 1. The SMILES string of the molecule is Cc1ccc(F)c(Cl)c1C(O)C(C)N. The average molecular weight is 218 g/mol. The van der Waals surface area contributed by atoms with Crippen LogP contribution < -0.4 is 5.73 Å². The molecule has 0 fully saturated rings. The van der Waals surface area contributed by atoms with Crippen LogP contribution in [0.1, 0.15) is 24.2 Å². The van der Waals surface area contributed by atoms with Gasteiger partial charge in [0, 0.05) is 11.6 Å². The Morgan fingerprint density at radius 1 is 1.50 bits per heavy atom. The summed E-state index contributed by atoms with van der Waals surface area (Å²) < 4.78 is 13.1. The fourth-order valence-corrected chi connectivity index (χ4v) is 1.61. The lowest BCUT2D eigenvalue weighted by molar-refractivity contribution is 0.152. The average Bonchev–Trinajstić information content (AvgIpc) is 2.12. The van der Waals surface area contributed by atoms with Crippen LogP contribution in [0.15, 0.2) is 12.1 Å². The third kappa shape index (κ3) is 2.05. The summed E-state index contributed by atoms with van der Waals surface area (Å²) in [6.07, 6.45) is -0.932. The first kappa shape index (κ1) is 11.4. The molecule has 2 nitrogen and oxygen atoms in total. The molecule has 0 heterocycles. The molecule has 4 heteroatoms. The Kier molecular flexibility index (Phi) is 3.48. The van der Waals surface area contributed by atoms with Crippen molar-refractivity contribution in [3.8, 4) is 0 Å². The Balaban J connectivity index is 3.25. The van der Waals surface area contributed by atoms with Crippen molar-refractivity contribution >= 4 is 11.6 Å². The van der Waals surface area contributed by atoms with Gasteiger partial charge in [-0.25, -0.2) is 4.39 Å². The molecule has 0 radical (unpaired) electrons. The number of hydrogen-bond donors (Lipinski definition) is 2. The fraction of sp³-hybridized carbons (Fsp3) is 0.400. The summed E-state index contributed by atoms with van der Waals surface area (Å²) >= 11 is 5.75. The highest BCUT2D eigenvalue weighted by molar-refractivity contribution is 6.31. The minimum atomic E-state index is -0.932. The van der Waals surface area contributed by atoms with Crippen LogP contribution in [0.3, 0.4) is 0 Å². The van der Waals surface area contributed by atoms with Gasteiger partial charge >= 0.3 is 0 Å². The van der Waals surface area contributed by atoms with E-state index in [2.05, 4.69) is 0 Å². The lowest BCUT2D eigenvalue weighted by Crippen LogP contribution is -2.25. The molecule has 0 aromatic heterocycles. The molecule has 3 N–H and O–H groups in total. The van der Waals surface area contributed by atoms with Crippen LogP contribution >= 0.6 is 11.6 Å². The van der Waals surface area contributed by atoms with E-state index in [1.54, 1.807) is 19.9 Å². The quantitative estimate of drug-likeness (QED) is 0.798. The first-order valence-electron chi connectivity index (χ1n) is 4.33. The number of aliphatic hydroxyl groups excluding tert-OH is 1. The van der Waals surface area contributed by atoms with Crippen LogP contribution in [0.25, 0.3) is 0 Å². The number of benzene rings is 1. The van der Waals surface area contributed by atoms with Crippen molar-refractivity contribution in [2.45, 2.75) is 26.0 Å². The van der Waals surface area contributed by atoms with Crippen molar-refractivity contribution in [2.24, 2.45) is 5.73 Å². The van der Waals surface area contributed by atoms with Gasteiger partial charge in [0.25, 0.3) is 0 Å². The zero-order chi connectivity index (χ0) is 10.9. The Labute approximate surface area is 87.5 Å². The number of rotatable bonds is 2. The molecule has 1 aromatic carbocycles. The predicted octanol–water partition coefficient (Wildman–Crippen LogP) is 2.17. The zero-order valence-corrected chi connectivity index (χ0v) is 8.85. The summed E-state index contributed by atoms with van der Waals surface area (Å²) in [5.41, 5.74) is 6.64. The molecular formula is C10H13ClFNO.